The molecule has 0 radical (unpaired) electrons. The van der Waals surface area contributed by atoms with Crippen molar-refractivity contribution in [1.29, 1.82) is 0 Å². The van der Waals surface area contributed by atoms with Gasteiger partial charge in [-0.05, 0) is 30.0 Å². The van der Waals surface area contributed by atoms with Crippen molar-refractivity contribution in [1.82, 2.24) is 15.3 Å². The molecule has 0 fully saturated rings. The van der Waals surface area contributed by atoms with Crippen LogP contribution in [0.2, 0.25) is 0 Å². The normalized spacial score (nSPS) is 11.8. The number of rotatable bonds is 7. The largest absolute Gasteiger partial charge is 0.344 e. The van der Waals surface area contributed by atoms with Crippen molar-refractivity contribution in [3.05, 3.63) is 100 Å². The average Bonchev–Trinajstić information content (AvgIpc) is 3.31. The lowest BCUT2D eigenvalue weighted by molar-refractivity contribution is -0.119. The van der Waals surface area contributed by atoms with Gasteiger partial charge in [-0.25, -0.2) is 9.97 Å². The van der Waals surface area contributed by atoms with Crippen LogP contribution in [0.4, 0.5) is 0 Å². The van der Waals surface area contributed by atoms with Gasteiger partial charge >= 0.3 is 0 Å². The molecule has 0 bridgehead atoms. The van der Waals surface area contributed by atoms with Crippen LogP contribution in [0.1, 0.15) is 22.2 Å². The van der Waals surface area contributed by atoms with Crippen LogP contribution in [-0.4, -0.2) is 21.6 Å². The predicted molar refractivity (Wildman–Crippen MR) is 124 cm³/mol. The molecule has 2 heterocycles. The van der Waals surface area contributed by atoms with Gasteiger partial charge in [-0.1, -0.05) is 78.5 Å². The van der Waals surface area contributed by atoms with Gasteiger partial charge in [-0.3, -0.25) is 4.79 Å². The van der Waals surface area contributed by atoms with Crippen LogP contribution in [0.25, 0.3) is 11.3 Å². The number of nitrogens with zero attached hydrogens (tertiary/aromatic N) is 2. The van der Waals surface area contributed by atoms with Gasteiger partial charge in [0.1, 0.15) is 0 Å². The van der Waals surface area contributed by atoms with Crippen LogP contribution in [0, 0.1) is 6.92 Å². The maximum Gasteiger partial charge on any atom is 0.231 e. The summed E-state index contributed by atoms with van der Waals surface area (Å²) in [5.41, 5.74) is 3.85. The summed E-state index contributed by atoms with van der Waals surface area (Å²) in [5, 5.41) is 5.80. The number of benzene rings is 2. The number of aryl methyl sites for hydroxylation is 1. The van der Waals surface area contributed by atoms with Crippen molar-refractivity contribution in [3.63, 3.8) is 0 Å². The molecule has 0 saturated carbocycles. The number of carbonyl (C=O) groups is 1. The van der Waals surface area contributed by atoms with Crippen LogP contribution in [0.3, 0.4) is 0 Å². The predicted octanol–water partition coefficient (Wildman–Crippen LogP) is 5.51. The minimum Gasteiger partial charge on any atom is -0.344 e. The Morgan fingerprint density at radius 2 is 1.73 bits per heavy atom. The number of carbonyl (C=O) groups excluding carboxylic acids is 1. The van der Waals surface area contributed by atoms with Crippen molar-refractivity contribution >= 4 is 29.0 Å². The lowest BCUT2D eigenvalue weighted by Gasteiger charge is -2.18. The van der Waals surface area contributed by atoms with Gasteiger partial charge in [0.2, 0.25) is 5.91 Å². The van der Waals surface area contributed by atoms with Crippen molar-refractivity contribution in [3.8, 4) is 11.3 Å². The fourth-order valence-electron chi connectivity index (χ4n) is 3.12. The number of hydrogen-bond donors (Lipinski definition) is 1. The molecule has 1 amide bonds. The zero-order chi connectivity index (χ0) is 20.8. The number of amides is 1. The summed E-state index contributed by atoms with van der Waals surface area (Å²) >= 11 is 2.99. The summed E-state index contributed by atoms with van der Waals surface area (Å²) in [6.07, 6.45) is 0. The summed E-state index contributed by atoms with van der Waals surface area (Å²) in [6, 6.07) is 25.9. The standard InChI is InChI=1S/C24H21N3OS2/c1-17-15-20(18-9-4-2-5-10-18)26-24(25-17)30-16-22(28)27-23(21-13-8-14-29-21)19-11-6-3-7-12-19/h2-15,23H,16H2,1H3,(H,27,28)/t23-/m0/s1. The van der Waals surface area contributed by atoms with E-state index < -0.39 is 0 Å². The molecule has 6 heteroatoms. The molecule has 0 aliphatic rings. The van der Waals surface area contributed by atoms with Crippen LogP contribution in [0.5, 0.6) is 0 Å². The Balaban J connectivity index is 1.46. The van der Waals surface area contributed by atoms with Gasteiger partial charge in [0, 0.05) is 16.1 Å². The van der Waals surface area contributed by atoms with Gasteiger partial charge in [0.05, 0.1) is 17.5 Å². The Morgan fingerprint density at radius 3 is 2.43 bits per heavy atom. The maximum atomic E-state index is 12.8. The second-order valence-corrected chi connectivity index (χ2v) is 8.68. The minimum atomic E-state index is -0.155. The molecular formula is C24H21N3OS2. The first-order valence-electron chi connectivity index (χ1n) is 9.60. The minimum absolute atomic E-state index is 0.0476. The first-order chi connectivity index (χ1) is 14.7. The molecule has 0 unspecified atom stereocenters. The molecule has 1 atom stereocenters. The highest BCUT2D eigenvalue weighted by atomic mass is 32.2. The van der Waals surface area contributed by atoms with E-state index in [0.717, 1.165) is 27.4 Å². The van der Waals surface area contributed by atoms with Crippen LogP contribution < -0.4 is 5.32 Å². The van der Waals surface area contributed by atoms with Gasteiger partial charge in [0.15, 0.2) is 5.16 Å². The van der Waals surface area contributed by atoms with Gasteiger partial charge in [-0.15, -0.1) is 11.3 Å². The molecule has 2 aromatic carbocycles. The van der Waals surface area contributed by atoms with E-state index in [-0.39, 0.29) is 17.7 Å². The third-order valence-corrected chi connectivity index (χ3v) is 6.29. The lowest BCUT2D eigenvalue weighted by Crippen LogP contribution is -2.30. The molecule has 0 spiro atoms. The highest BCUT2D eigenvalue weighted by Crippen LogP contribution is 2.26. The SMILES string of the molecule is Cc1cc(-c2ccccc2)nc(SCC(=O)N[C@@H](c2ccccc2)c2cccs2)n1. The fourth-order valence-corrected chi connectivity index (χ4v) is 4.63. The first kappa shape index (κ1) is 20.3. The average molecular weight is 432 g/mol. The lowest BCUT2D eigenvalue weighted by atomic mass is 10.1. The number of aromatic nitrogens is 2. The third kappa shape index (κ3) is 5.14. The van der Waals surface area contributed by atoms with Crippen molar-refractivity contribution < 1.29 is 4.79 Å². The molecule has 0 aliphatic carbocycles. The maximum absolute atomic E-state index is 12.8. The Morgan fingerprint density at radius 1 is 1.00 bits per heavy atom. The molecule has 2 aromatic heterocycles. The van der Waals surface area contributed by atoms with Crippen LogP contribution >= 0.6 is 23.1 Å². The van der Waals surface area contributed by atoms with Crippen molar-refractivity contribution in [2.75, 3.05) is 5.75 Å². The smallest absolute Gasteiger partial charge is 0.231 e. The van der Waals surface area contributed by atoms with Gasteiger partial charge in [0.25, 0.3) is 0 Å². The third-order valence-electron chi connectivity index (χ3n) is 4.50. The van der Waals surface area contributed by atoms with E-state index in [4.69, 9.17) is 0 Å². The van der Waals surface area contributed by atoms with Crippen LogP contribution in [0.15, 0.2) is 89.4 Å². The quantitative estimate of drug-likeness (QED) is 0.310. The summed E-state index contributed by atoms with van der Waals surface area (Å²) in [5.74, 6) is 0.209. The topological polar surface area (TPSA) is 54.9 Å². The van der Waals surface area contributed by atoms with Crippen molar-refractivity contribution in [2.45, 2.75) is 18.1 Å². The van der Waals surface area contributed by atoms with Crippen LogP contribution in [-0.2, 0) is 4.79 Å². The monoisotopic (exact) mass is 431 g/mol. The van der Waals surface area contributed by atoms with E-state index in [1.54, 1.807) is 11.3 Å². The second kappa shape index (κ2) is 9.69. The molecular weight excluding hydrogens is 410 g/mol. The molecule has 1 N–H and O–H groups in total. The number of hydrogen-bond acceptors (Lipinski definition) is 5. The number of thiophene rings is 1. The molecule has 4 nitrogen and oxygen atoms in total. The first-order valence-corrected chi connectivity index (χ1v) is 11.5. The molecule has 30 heavy (non-hydrogen) atoms. The summed E-state index contributed by atoms with van der Waals surface area (Å²) in [6.45, 7) is 1.94. The Kier molecular flexibility index (Phi) is 6.57. The highest BCUT2D eigenvalue weighted by molar-refractivity contribution is 7.99. The summed E-state index contributed by atoms with van der Waals surface area (Å²) in [7, 11) is 0. The summed E-state index contributed by atoms with van der Waals surface area (Å²) in [4.78, 5) is 23.0. The highest BCUT2D eigenvalue weighted by Gasteiger charge is 2.18. The van der Waals surface area contributed by atoms with E-state index in [2.05, 4.69) is 15.3 Å². The Hall–Kier alpha value is -2.96. The van der Waals surface area contributed by atoms with Crippen molar-refractivity contribution in [2.24, 2.45) is 0 Å². The zero-order valence-corrected chi connectivity index (χ0v) is 18.1. The second-order valence-electron chi connectivity index (χ2n) is 6.76. The van der Waals surface area contributed by atoms with Gasteiger partial charge < -0.3 is 5.32 Å². The molecule has 4 rings (SSSR count). The Labute approximate surface area is 184 Å². The zero-order valence-electron chi connectivity index (χ0n) is 16.5. The number of nitrogens with one attached hydrogen (secondary N) is 1. The molecule has 0 saturated heterocycles. The molecule has 4 aromatic rings. The fraction of sp³-hybridized carbons (Fsp3) is 0.125. The summed E-state index contributed by atoms with van der Waals surface area (Å²) < 4.78 is 0. The number of thioether (sulfide) groups is 1. The van der Waals surface area contributed by atoms with E-state index in [9.17, 15) is 4.79 Å². The van der Waals surface area contributed by atoms with E-state index >= 15 is 0 Å². The van der Waals surface area contributed by atoms with E-state index in [0.29, 0.717) is 5.16 Å². The van der Waals surface area contributed by atoms with E-state index in [1.807, 2.05) is 91.2 Å². The van der Waals surface area contributed by atoms with Gasteiger partial charge in [-0.2, -0.15) is 0 Å². The van der Waals surface area contributed by atoms with E-state index in [1.165, 1.54) is 11.8 Å². The molecule has 150 valence electrons. The molecule has 0 aliphatic heterocycles. The Bertz CT molecular complexity index is 1100.